The molecule has 0 spiro atoms. The molecule has 28 heavy (non-hydrogen) atoms. The molecule has 0 saturated carbocycles. The monoisotopic (exact) mass is 392 g/mol. The molecule has 1 aliphatic rings. The molecule has 1 atom stereocenters. The summed E-state index contributed by atoms with van der Waals surface area (Å²) in [6.07, 6.45) is 1.39. The molecule has 156 valence electrons. The molecule has 1 aliphatic heterocycles. The van der Waals surface area contributed by atoms with Gasteiger partial charge < -0.3 is 29.7 Å². The Morgan fingerprint density at radius 1 is 1.21 bits per heavy atom. The number of benzene rings is 1. The van der Waals surface area contributed by atoms with E-state index in [4.69, 9.17) is 14.2 Å². The summed E-state index contributed by atoms with van der Waals surface area (Å²) in [5.74, 6) is 2.36. The highest BCUT2D eigenvalue weighted by Crippen LogP contribution is 2.18. The first-order valence-corrected chi connectivity index (χ1v) is 9.74. The molecule has 0 aromatic heterocycles. The predicted molar refractivity (Wildman–Crippen MR) is 109 cm³/mol. The van der Waals surface area contributed by atoms with Gasteiger partial charge in [-0.25, -0.2) is 9.79 Å². The van der Waals surface area contributed by atoms with E-state index in [2.05, 4.69) is 15.6 Å². The van der Waals surface area contributed by atoms with E-state index >= 15 is 0 Å². The molecule has 1 fully saturated rings. The zero-order valence-corrected chi connectivity index (χ0v) is 17.2. The van der Waals surface area contributed by atoms with E-state index in [9.17, 15) is 4.79 Å². The lowest BCUT2D eigenvalue weighted by molar-refractivity contribution is 0.111. The second-order valence-electron chi connectivity index (χ2n) is 6.70. The number of nitrogens with one attached hydrogen (secondary N) is 2. The molecule has 8 nitrogen and oxygen atoms in total. The molecule has 1 heterocycles. The molecule has 0 aliphatic carbocycles. The fourth-order valence-electron chi connectivity index (χ4n) is 2.99. The normalized spacial score (nSPS) is 16.3. The van der Waals surface area contributed by atoms with Crippen LogP contribution in [0.4, 0.5) is 4.79 Å². The first-order chi connectivity index (χ1) is 13.5. The Balaban J connectivity index is 1.83. The number of carbonyl (C=O) groups is 1. The van der Waals surface area contributed by atoms with Crippen LogP contribution in [0.5, 0.6) is 11.5 Å². The number of piperidine rings is 1. The third-order valence-electron chi connectivity index (χ3n) is 4.52. The number of guanidine groups is 1. The Morgan fingerprint density at radius 2 is 1.86 bits per heavy atom. The molecule has 8 heteroatoms. The van der Waals surface area contributed by atoms with Gasteiger partial charge in [-0.15, -0.1) is 0 Å². The quantitative estimate of drug-likeness (QED) is 0.547. The standard InChI is InChI=1S/C20H32N4O4/c1-5-21-19(23-16-10-12-24(13-11-16)20(25)27-4)22-14-15(2)28-18-8-6-17(26-3)7-9-18/h6-9,15-16H,5,10-14H2,1-4H3,(H2,21,22,23). The van der Waals surface area contributed by atoms with E-state index in [1.54, 1.807) is 12.0 Å². The van der Waals surface area contributed by atoms with Crippen LogP contribution in [0, 0.1) is 0 Å². The molecule has 0 radical (unpaired) electrons. The van der Waals surface area contributed by atoms with Crippen LogP contribution in [0.25, 0.3) is 0 Å². The molecule has 2 rings (SSSR count). The van der Waals surface area contributed by atoms with Crippen molar-refractivity contribution in [2.24, 2.45) is 4.99 Å². The van der Waals surface area contributed by atoms with Crippen LogP contribution >= 0.6 is 0 Å². The highest BCUT2D eigenvalue weighted by atomic mass is 16.5. The summed E-state index contributed by atoms with van der Waals surface area (Å²) >= 11 is 0. The van der Waals surface area contributed by atoms with Gasteiger partial charge in [0, 0.05) is 25.7 Å². The summed E-state index contributed by atoms with van der Waals surface area (Å²) in [5.41, 5.74) is 0. The molecule has 0 bridgehead atoms. The van der Waals surface area contributed by atoms with Crippen molar-refractivity contribution in [3.63, 3.8) is 0 Å². The number of nitrogens with zero attached hydrogens (tertiary/aromatic N) is 2. The summed E-state index contributed by atoms with van der Waals surface area (Å²) in [6, 6.07) is 7.79. The molecule has 1 aromatic rings. The van der Waals surface area contributed by atoms with E-state index in [0.717, 1.165) is 36.8 Å². The maximum atomic E-state index is 11.6. The number of ether oxygens (including phenoxy) is 3. The van der Waals surface area contributed by atoms with Crippen LogP contribution in [0.1, 0.15) is 26.7 Å². The van der Waals surface area contributed by atoms with Crippen molar-refractivity contribution in [3.8, 4) is 11.5 Å². The van der Waals surface area contributed by atoms with Gasteiger partial charge in [0.2, 0.25) is 0 Å². The number of hydrogen-bond acceptors (Lipinski definition) is 5. The maximum absolute atomic E-state index is 11.6. The van der Waals surface area contributed by atoms with E-state index in [1.165, 1.54) is 7.11 Å². The molecular formula is C20H32N4O4. The second-order valence-corrected chi connectivity index (χ2v) is 6.70. The van der Waals surface area contributed by atoms with Crippen LogP contribution in [0.3, 0.4) is 0 Å². The smallest absolute Gasteiger partial charge is 0.409 e. The average molecular weight is 393 g/mol. The van der Waals surface area contributed by atoms with Gasteiger partial charge >= 0.3 is 6.09 Å². The topological polar surface area (TPSA) is 84.4 Å². The molecular weight excluding hydrogens is 360 g/mol. The molecule has 1 unspecified atom stereocenters. The second kappa shape index (κ2) is 11.3. The Bertz CT molecular complexity index is 628. The molecule has 1 amide bonds. The number of hydrogen-bond donors (Lipinski definition) is 2. The van der Waals surface area contributed by atoms with Crippen molar-refractivity contribution in [3.05, 3.63) is 24.3 Å². The van der Waals surface area contributed by atoms with Gasteiger partial charge in [0.05, 0.1) is 20.8 Å². The van der Waals surface area contributed by atoms with Crippen LogP contribution in [0.2, 0.25) is 0 Å². The SMILES string of the molecule is CCNC(=NCC(C)Oc1ccc(OC)cc1)NC1CCN(C(=O)OC)CC1. The van der Waals surface area contributed by atoms with Crippen LogP contribution in [0.15, 0.2) is 29.3 Å². The summed E-state index contributed by atoms with van der Waals surface area (Å²) < 4.78 is 15.8. The van der Waals surface area contributed by atoms with Gasteiger partial charge in [-0.3, -0.25) is 0 Å². The third kappa shape index (κ3) is 6.83. The number of methoxy groups -OCH3 is 2. The first-order valence-electron chi connectivity index (χ1n) is 9.74. The maximum Gasteiger partial charge on any atom is 0.409 e. The Hall–Kier alpha value is -2.64. The number of carbonyl (C=O) groups excluding carboxylic acids is 1. The average Bonchev–Trinajstić information content (AvgIpc) is 2.72. The lowest BCUT2D eigenvalue weighted by atomic mass is 10.1. The molecule has 1 saturated heterocycles. The number of likely N-dealkylation sites (tertiary alicyclic amines) is 1. The van der Waals surface area contributed by atoms with Crippen molar-refractivity contribution >= 4 is 12.1 Å². The van der Waals surface area contributed by atoms with Gasteiger partial charge in [0.25, 0.3) is 0 Å². The number of amides is 1. The number of aliphatic imine (C=N–C) groups is 1. The van der Waals surface area contributed by atoms with E-state index in [-0.39, 0.29) is 18.2 Å². The summed E-state index contributed by atoms with van der Waals surface area (Å²) in [4.78, 5) is 18.0. The largest absolute Gasteiger partial charge is 0.497 e. The van der Waals surface area contributed by atoms with E-state index in [0.29, 0.717) is 19.6 Å². The minimum atomic E-state index is -0.261. The highest BCUT2D eigenvalue weighted by molar-refractivity contribution is 5.80. The predicted octanol–water partition coefficient (Wildman–Crippen LogP) is 2.25. The van der Waals surface area contributed by atoms with Crippen LogP contribution in [-0.2, 0) is 4.74 Å². The van der Waals surface area contributed by atoms with Crippen molar-refractivity contribution in [2.45, 2.75) is 38.8 Å². The summed E-state index contributed by atoms with van der Waals surface area (Å²) in [5, 5.41) is 6.73. The van der Waals surface area contributed by atoms with Crippen LogP contribution in [-0.4, -0.2) is 69.5 Å². The minimum Gasteiger partial charge on any atom is -0.497 e. The fraction of sp³-hybridized carbons (Fsp3) is 0.600. The zero-order valence-electron chi connectivity index (χ0n) is 17.2. The minimum absolute atomic E-state index is 0.0648. The van der Waals surface area contributed by atoms with Crippen molar-refractivity contribution < 1.29 is 19.0 Å². The van der Waals surface area contributed by atoms with Gasteiger partial charge in [-0.2, -0.15) is 0 Å². The molecule has 2 N–H and O–H groups in total. The van der Waals surface area contributed by atoms with Gasteiger partial charge in [0.1, 0.15) is 17.6 Å². The Kier molecular flexibility index (Phi) is 8.71. The van der Waals surface area contributed by atoms with Crippen molar-refractivity contribution in [1.29, 1.82) is 0 Å². The van der Waals surface area contributed by atoms with E-state index in [1.807, 2.05) is 38.1 Å². The van der Waals surface area contributed by atoms with Gasteiger partial charge in [-0.1, -0.05) is 0 Å². The lowest BCUT2D eigenvalue weighted by Gasteiger charge is -2.32. The van der Waals surface area contributed by atoms with Crippen molar-refractivity contribution in [2.75, 3.05) is 40.4 Å². The lowest BCUT2D eigenvalue weighted by Crippen LogP contribution is -2.50. The zero-order chi connectivity index (χ0) is 20.4. The van der Waals surface area contributed by atoms with Gasteiger partial charge in [-0.05, 0) is 51.0 Å². The summed E-state index contributed by atoms with van der Waals surface area (Å²) in [7, 11) is 3.06. The Labute approximate surface area is 167 Å². The van der Waals surface area contributed by atoms with Crippen LogP contribution < -0.4 is 20.1 Å². The highest BCUT2D eigenvalue weighted by Gasteiger charge is 2.23. The third-order valence-corrected chi connectivity index (χ3v) is 4.52. The van der Waals surface area contributed by atoms with Crippen molar-refractivity contribution in [1.82, 2.24) is 15.5 Å². The van der Waals surface area contributed by atoms with Gasteiger partial charge in [0.15, 0.2) is 5.96 Å². The Morgan fingerprint density at radius 3 is 2.43 bits per heavy atom. The summed E-state index contributed by atoms with van der Waals surface area (Å²) in [6.45, 7) is 6.70. The van der Waals surface area contributed by atoms with E-state index < -0.39 is 0 Å². The molecule has 1 aromatic carbocycles. The fourth-order valence-corrected chi connectivity index (χ4v) is 2.99. The first kappa shape index (κ1) is 21.7. The number of rotatable bonds is 7.